The maximum Gasteiger partial charge on any atom is 0.127 e. The number of rotatable bonds is 3. The van der Waals surface area contributed by atoms with E-state index in [4.69, 9.17) is 10.6 Å². The number of hydrogen-bond donors (Lipinski definition) is 2. The third-order valence-electron chi connectivity index (χ3n) is 3.66. The zero-order valence-electron chi connectivity index (χ0n) is 11.4. The number of aryl methyl sites for hydroxylation is 1. The van der Waals surface area contributed by atoms with Crippen molar-refractivity contribution in [1.29, 1.82) is 0 Å². The van der Waals surface area contributed by atoms with Crippen LogP contribution in [-0.4, -0.2) is 6.61 Å². The summed E-state index contributed by atoms with van der Waals surface area (Å²) in [5, 5.41) is 0. The molecule has 0 spiro atoms. The second-order valence-electron chi connectivity index (χ2n) is 5.09. The van der Waals surface area contributed by atoms with Gasteiger partial charge >= 0.3 is 0 Å². The number of halogens is 2. The van der Waals surface area contributed by atoms with Crippen LogP contribution < -0.4 is 16.0 Å². The van der Waals surface area contributed by atoms with Gasteiger partial charge in [-0.05, 0) is 42.2 Å². The maximum atomic E-state index is 5.90. The molecular weight excluding hydrogens is 396 g/mol. The lowest BCUT2D eigenvalue weighted by Gasteiger charge is -2.25. The van der Waals surface area contributed by atoms with E-state index in [0.29, 0.717) is 0 Å². The lowest BCUT2D eigenvalue weighted by Crippen LogP contribution is -2.30. The largest absolute Gasteiger partial charge is 0.493 e. The molecule has 0 saturated carbocycles. The van der Waals surface area contributed by atoms with Gasteiger partial charge in [0.15, 0.2) is 0 Å². The van der Waals surface area contributed by atoms with E-state index in [2.05, 4.69) is 67.6 Å². The first kappa shape index (κ1) is 15.0. The summed E-state index contributed by atoms with van der Waals surface area (Å²) in [4.78, 5) is 0. The van der Waals surface area contributed by atoms with Gasteiger partial charge in [-0.25, -0.2) is 5.43 Å². The van der Waals surface area contributed by atoms with Crippen LogP contribution in [-0.2, 0) is 6.42 Å². The Labute approximate surface area is 141 Å². The van der Waals surface area contributed by atoms with Crippen molar-refractivity contribution < 1.29 is 4.74 Å². The molecule has 0 aliphatic carbocycles. The van der Waals surface area contributed by atoms with Gasteiger partial charge in [0.25, 0.3) is 0 Å². The molecule has 0 amide bonds. The van der Waals surface area contributed by atoms with E-state index >= 15 is 0 Å². The van der Waals surface area contributed by atoms with Crippen molar-refractivity contribution in [1.82, 2.24) is 5.43 Å². The summed E-state index contributed by atoms with van der Waals surface area (Å²) in [7, 11) is 0. The van der Waals surface area contributed by atoms with Crippen molar-refractivity contribution in [2.45, 2.75) is 18.9 Å². The van der Waals surface area contributed by atoms with E-state index in [9.17, 15) is 0 Å². The molecule has 0 radical (unpaired) electrons. The Hall–Kier alpha value is -0.880. The third kappa shape index (κ3) is 3.16. The predicted octanol–water partition coefficient (Wildman–Crippen LogP) is 4.09. The van der Waals surface area contributed by atoms with Crippen LogP contribution in [0.1, 0.15) is 29.2 Å². The zero-order valence-corrected chi connectivity index (χ0v) is 14.6. The summed E-state index contributed by atoms with van der Waals surface area (Å²) in [6.07, 6.45) is 2.13. The normalized spacial score (nSPS) is 15.2. The molecule has 3 N–H and O–H groups in total. The van der Waals surface area contributed by atoms with E-state index in [-0.39, 0.29) is 6.04 Å². The van der Waals surface area contributed by atoms with Crippen LogP contribution in [0.25, 0.3) is 0 Å². The highest BCUT2D eigenvalue weighted by molar-refractivity contribution is 9.11. The van der Waals surface area contributed by atoms with E-state index in [1.54, 1.807) is 0 Å². The molecule has 3 nitrogen and oxygen atoms in total. The molecule has 0 bridgehead atoms. The van der Waals surface area contributed by atoms with Gasteiger partial charge in [0, 0.05) is 14.5 Å². The number of para-hydroxylation sites is 1. The molecule has 0 aromatic heterocycles. The second-order valence-corrected chi connectivity index (χ2v) is 6.92. The van der Waals surface area contributed by atoms with Gasteiger partial charge in [0.05, 0.1) is 12.6 Å². The van der Waals surface area contributed by atoms with Crippen LogP contribution in [0.2, 0.25) is 0 Å². The SMILES string of the molecule is NNC(c1cc(Br)cc(Br)c1)c1cccc2c1OCCC2. The van der Waals surface area contributed by atoms with Crippen molar-refractivity contribution in [3.05, 3.63) is 62.0 Å². The molecule has 1 heterocycles. The standard InChI is InChI=1S/C16H16Br2N2O/c17-12-7-11(8-13(18)9-12)15(20-19)14-5-1-3-10-4-2-6-21-16(10)14/h1,3,5,7-9,15,20H,2,4,6,19H2. The van der Waals surface area contributed by atoms with Gasteiger partial charge in [-0.1, -0.05) is 50.1 Å². The van der Waals surface area contributed by atoms with Crippen LogP contribution >= 0.6 is 31.9 Å². The highest BCUT2D eigenvalue weighted by Gasteiger charge is 2.22. The summed E-state index contributed by atoms with van der Waals surface area (Å²) in [5.41, 5.74) is 6.34. The average Bonchev–Trinajstić information content (AvgIpc) is 2.47. The highest BCUT2D eigenvalue weighted by atomic mass is 79.9. The maximum absolute atomic E-state index is 5.90. The molecule has 2 aromatic carbocycles. The van der Waals surface area contributed by atoms with Crippen LogP contribution in [0.5, 0.6) is 5.75 Å². The first-order valence-electron chi connectivity index (χ1n) is 6.86. The molecule has 0 fully saturated rings. The lowest BCUT2D eigenvalue weighted by atomic mass is 9.94. The number of benzene rings is 2. The monoisotopic (exact) mass is 410 g/mol. The Bertz CT molecular complexity index is 640. The number of fused-ring (bicyclic) bond motifs is 1. The molecule has 110 valence electrons. The fraction of sp³-hybridized carbons (Fsp3) is 0.250. The fourth-order valence-electron chi connectivity index (χ4n) is 2.75. The van der Waals surface area contributed by atoms with Gasteiger partial charge in [-0.2, -0.15) is 0 Å². The number of hydrogen-bond acceptors (Lipinski definition) is 3. The molecular formula is C16H16Br2N2O. The first-order chi connectivity index (χ1) is 10.2. The Kier molecular flexibility index (Phi) is 4.64. The minimum Gasteiger partial charge on any atom is -0.493 e. The summed E-state index contributed by atoms with van der Waals surface area (Å²) in [6, 6.07) is 12.3. The zero-order chi connectivity index (χ0) is 14.8. The summed E-state index contributed by atoms with van der Waals surface area (Å²) >= 11 is 7.06. The van der Waals surface area contributed by atoms with Gasteiger partial charge in [0.2, 0.25) is 0 Å². The van der Waals surface area contributed by atoms with Crippen molar-refractivity contribution in [3.8, 4) is 5.75 Å². The van der Waals surface area contributed by atoms with Gasteiger partial charge in [-0.3, -0.25) is 5.84 Å². The van der Waals surface area contributed by atoms with E-state index in [1.807, 2.05) is 6.07 Å². The van der Waals surface area contributed by atoms with Crippen molar-refractivity contribution in [2.75, 3.05) is 6.61 Å². The minimum absolute atomic E-state index is 0.105. The summed E-state index contributed by atoms with van der Waals surface area (Å²) in [6.45, 7) is 0.767. The lowest BCUT2D eigenvalue weighted by molar-refractivity contribution is 0.283. The third-order valence-corrected chi connectivity index (χ3v) is 4.58. The van der Waals surface area contributed by atoms with E-state index < -0.39 is 0 Å². The summed E-state index contributed by atoms with van der Waals surface area (Å²) in [5.74, 6) is 6.81. The van der Waals surface area contributed by atoms with Crippen LogP contribution in [0, 0.1) is 0 Å². The van der Waals surface area contributed by atoms with Crippen molar-refractivity contribution in [2.24, 2.45) is 5.84 Å². The molecule has 1 atom stereocenters. The minimum atomic E-state index is -0.105. The highest BCUT2D eigenvalue weighted by Crippen LogP contribution is 2.36. The van der Waals surface area contributed by atoms with E-state index in [0.717, 1.165) is 45.3 Å². The molecule has 0 saturated heterocycles. The topological polar surface area (TPSA) is 47.3 Å². The van der Waals surface area contributed by atoms with Gasteiger partial charge in [-0.15, -0.1) is 0 Å². The first-order valence-corrected chi connectivity index (χ1v) is 8.44. The van der Waals surface area contributed by atoms with Gasteiger partial charge in [0.1, 0.15) is 5.75 Å². The fourth-order valence-corrected chi connectivity index (χ4v) is 4.08. The quantitative estimate of drug-likeness (QED) is 0.590. The van der Waals surface area contributed by atoms with Gasteiger partial charge < -0.3 is 4.74 Å². The molecule has 2 aromatic rings. The van der Waals surface area contributed by atoms with E-state index in [1.165, 1.54) is 5.56 Å². The molecule has 1 aliphatic rings. The molecule has 1 aliphatic heterocycles. The van der Waals surface area contributed by atoms with Crippen LogP contribution in [0.4, 0.5) is 0 Å². The Balaban J connectivity index is 2.08. The van der Waals surface area contributed by atoms with Crippen molar-refractivity contribution >= 4 is 31.9 Å². The number of nitrogens with two attached hydrogens (primary N) is 1. The molecule has 21 heavy (non-hydrogen) atoms. The van der Waals surface area contributed by atoms with Crippen LogP contribution in [0.15, 0.2) is 45.3 Å². The Morgan fingerprint density at radius 1 is 1.14 bits per heavy atom. The van der Waals surface area contributed by atoms with Crippen LogP contribution in [0.3, 0.4) is 0 Å². The molecule has 3 rings (SSSR count). The number of nitrogens with one attached hydrogen (secondary N) is 1. The Morgan fingerprint density at radius 2 is 1.90 bits per heavy atom. The molecule has 5 heteroatoms. The number of hydrazine groups is 1. The molecule has 1 unspecified atom stereocenters. The Morgan fingerprint density at radius 3 is 2.62 bits per heavy atom. The average molecular weight is 412 g/mol. The smallest absolute Gasteiger partial charge is 0.127 e. The summed E-state index contributed by atoms with van der Waals surface area (Å²) < 4.78 is 7.92. The predicted molar refractivity (Wildman–Crippen MR) is 91.3 cm³/mol. The second kappa shape index (κ2) is 6.48. The van der Waals surface area contributed by atoms with Crippen molar-refractivity contribution in [3.63, 3.8) is 0 Å². The number of ether oxygens (including phenoxy) is 1.